The molecule has 0 radical (unpaired) electrons. The van der Waals surface area contributed by atoms with E-state index in [0.29, 0.717) is 17.8 Å². The summed E-state index contributed by atoms with van der Waals surface area (Å²) < 4.78 is 24.5. The van der Waals surface area contributed by atoms with Crippen LogP contribution in [0.4, 0.5) is 0 Å². The standard InChI is InChI=1S/C21H28O/c1-19(2)10-8-18-16-6-5-14-13-15(22)7-11-20(14,3)17(16)9-12-21(18,19)4/h5-7,11,13,16-18H,8-10,12H2,1-4H3/t16-,17+,18+,20+,21+/m1/s1/i1D3/t16-,17+,18+,19+,20+,21+. The molecule has 4 aliphatic rings. The Morgan fingerprint density at radius 2 is 1.91 bits per heavy atom. The van der Waals surface area contributed by atoms with Crippen molar-refractivity contribution in [3.8, 4) is 0 Å². The van der Waals surface area contributed by atoms with Crippen molar-refractivity contribution in [1.82, 2.24) is 0 Å². The summed E-state index contributed by atoms with van der Waals surface area (Å²) >= 11 is 0. The largest absolute Gasteiger partial charge is 0.290 e. The minimum atomic E-state index is -1.91. The Balaban J connectivity index is 1.76. The Kier molecular flexibility index (Phi) is 2.21. The van der Waals surface area contributed by atoms with E-state index in [1.807, 2.05) is 6.92 Å². The lowest BCUT2D eigenvalue weighted by Crippen LogP contribution is -2.49. The second-order valence-corrected chi connectivity index (χ2v) is 8.59. The Morgan fingerprint density at radius 1 is 1.14 bits per heavy atom. The summed E-state index contributed by atoms with van der Waals surface area (Å²) in [5.41, 5.74) is 0.295. The van der Waals surface area contributed by atoms with E-state index in [-0.39, 0.29) is 16.6 Å². The first-order valence-corrected chi connectivity index (χ1v) is 8.67. The SMILES string of the molecule is [2H]C([2H])([2H])[C@]1(C)CC[C@H]2[C@@H]3C=CC4=CC(=O)C=C[C@]4(C)[C@H]3CC[C@@]21C. The molecule has 4 rings (SSSR count). The fourth-order valence-electron chi connectivity index (χ4n) is 5.92. The van der Waals surface area contributed by atoms with Gasteiger partial charge in [-0.15, -0.1) is 0 Å². The molecular formula is C21H28O. The van der Waals surface area contributed by atoms with Crippen LogP contribution >= 0.6 is 0 Å². The molecule has 1 heteroatoms. The maximum Gasteiger partial charge on any atom is 0.178 e. The van der Waals surface area contributed by atoms with Crippen LogP contribution in [0.2, 0.25) is 0 Å². The zero-order valence-corrected chi connectivity index (χ0v) is 13.9. The average molecular weight is 299 g/mol. The van der Waals surface area contributed by atoms with Gasteiger partial charge in [-0.3, -0.25) is 4.79 Å². The minimum absolute atomic E-state index is 0.0760. The summed E-state index contributed by atoms with van der Waals surface area (Å²) in [7, 11) is 0. The molecule has 1 nitrogen and oxygen atoms in total. The van der Waals surface area contributed by atoms with Crippen LogP contribution < -0.4 is 0 Å². The highest BCUT2D eigenvalue weighted by atomic mass is 16.1. The van der Waals surface area contributed by atoms with Gasteiger partial charge in [-0.1, -0.05) is 45.9 Å². The second-order valence-electron chi connectivity index (χ2n) is 8.59. The van der Waals surface area contributed by atoms with Crippen molar-refractivity contribution in [2.45, 2.75) is 53.3 Å². The van der Waals surface area contributed by atoms with E-state index in [1.54, 1.807) is 12.2 Å². The van der Waals surface area contributed by atoms with Gasteiger partial charge in [0, 0.05) is 9.53 Å². The minimum Gasteiger partial charge on any atom is -0.290 e. The smallest absolute Gasteiger partial charge is 0.178 e. The number of ketones is 1. The zero-order chi connectivity index (χ0) is 18.3. The maximum absolute atomic E-state index is 11.8. The molecule has 0 aromatic carbocycles. The van der Waals surface area contributed by atoms with E-state index in [4.69, 9.17) is 4.11 Å². The second kappa shape index (κ2) is 4.24. The molecule has 0 N–H and O–H groups in total. The molecule has 0 aromatic heterocycles. The first-order valence-electron chi connectivity index (χ1n) is 10.2. The van der Waals surface area contributed by atoms with Crippen molar-refractivity contribution >= 4 is 5.78 Å². The van der Waals surface area contributed by atoms with Crippen molar-refractivity contribution in [2.24, 2.45) is 34.0 Å². The molecule has 0 bridgehead atoms. The molecule has 6 atom stereocenters. The van der Waals surface area contributed by atoms with Gasteiger partial charge in [0.15, 0.2) is 5.78 Å². The lowest BCUT2D eigenvalue weighted by atomic mass is 9.48. The highest BCUT2D eigenvalue weighted by Crippen LogP contribution is 2.68. The van der Waals surface area contributed by atoms with Gasteiger partial charge in [0.05, 0.1) is 0 Å². The molecule has 0 saturated heterocycles. The van der Waals surface area contributed by atoms with E-state index >= 15 is 0 Å². The summed E-state index contributed by atoms with van der Waals surface area (Å²) in [4.78, 5) is 11.8. The molecule has 0 amide bonds. The quantitative estimate of drug-likeness (QED) is 0.608. The highest BCUT2D eigenvalue weighted by Gasteiger charge is 2.59. The summed E-state index contributed by atoms with van der Waals surface area (Å²) in [6.07, 6.45) is 13.8. The predicted molar refractivity (Wildman–Crippen MR) is 90.3 cm³/mol. The summed E-state index contributed by atoms with van der Waals surface area (Å²) in [5, 5.41) is 0. The maximum atomic E-state index is 11.8. The first kappa shape index (κ1) is 11.4. The molecule has 2 fully saturated rings. The Morgan fingerprint density at radius 3 is 2.68 bits per heavy atom. The molecule has 4 aliphatic carbocycles. The Labute approximate surface area is 138 Å². The van der Waals surface area contributed by atoms with Gasteiger partial charge < -0.3 is 0 Å². The first-order chi connectivity index (χ1) is 11.5. The third kappa shape index (κ3) is 1.63. The van der Waals surface area contributed by atoms with E-state index in [1.165, 1.54) is 0 Å². The lowest BCUT2D eigenvalue weighted by Gasteiger charge is -2.56. The van der Waals surface area contributed by atoms with E-state index in [2.05, 4.69) is 32.1 Å². The summed E-state index contributed by atoms with van der Waals surface area (Å²) in [6, 6.07) is 0. The monoisotopic (exact) mass is 299 g/mol. The highest BCUT2D eigenvalue weighted by molar-refractivity contribution is 6.01. The van der Waals surface area contributed by atoms with Gasteiger partial charge >= 0.3 is 0 Å². The number of hydrogen-bond acceptors (Lipinski definition) is 1. The normalized spacial score (nSPS) is 55.4. The third-order valence-corrected chi connectivity index (χ3v) is 7.72. The molecule has 0 aliphatic heterocycles. The van der Waals surface area contributed by atoms with Crippen LogP contribution in [0.15, 0.2) is 36.0 Å². The number of hydrogen-bond donors (Lipinski definition) is 0. The van der Waals surface area contributed by atoms with Crippen molar-refractivity contribution < 1.29 is 8.91 Å². The third-order valence-electron chi connectivity index (χ3n) is 7.72. The zero-order valence-electron chi connectivity index (χ0n) is 16.9. The number of carbonyl (C=O) groups is 1. The molecule has 0 aromatic rings. The Hall–Kier alpha value is -1.11. The topological polar surface area (TPSA) is 17.1 Å². The number of carbonyl (C=O) groups excluding carboxylic acids is 1. The van der Waals surface area contributed by atoms with Gasteiger partial charge in [-0.05, 0) is 72.0 Å². The van der Waals surface area contributed by atoms with E-state index < -0.39 is 12.3 Å². The van der Waals surface area contributed by atoms with Crippen LogP contribution in [0.5, 0.6) is 0 Å². The lowest BCUT2D eigenvalue weighted by molar-refractivity contribution is -0.110. The van der Waals surface area contributed by atoms with Crippen molar-refractivity contribution in [3.63, 3.8) is 0 Å². The van der Waals surface area contributed by atoms with Crippen LogP contribution in [0.1, 0.15) is 57.4 Å². The summed E-state index contributed by atoms with van der Waals surface area (Å²) in [6.45, 7) is 4.57. The molecule has 2 saturated carbocycles. The van der Waals surface area contributed by atoms with Crippen LogP contribution in [0, 0.1) is 34.0 Å². The molecular weight excluding hydrogens is 268 g/mol. The van der Waals surface area contributed by atoms with E-state index in [9.17, 15) is 4.79 Å². The van der Waals surface area contributed by atoms with Crippen LogP contribution in [0.25, 0.3) is 0 Å². The van der Waals surface area contributed by atoms with Crippen LogP contribution in [-0.4, -0.2) is 5.78 Å². The van der Waals surface area contributed by atoms with E-state index in [0.717, 1.165) is 31.3 Å². The van der Waals surface area contributed by atoms with Gasteiger partial charge in [0.25, 0.3) is 0 Å². The predicted octanol–water partition coefficient (Wildman–Crippen LogP) is 5.10. The van der Waals surface area contributed by atoms with Gasteiger partial charge in [-0.2, -0.15) is 0 Å². The van der Waals surface area contributed by atoms with Gasteiger partial charge in [0.2, 0.25) is 0 Å². The number of rotatable bonds is 0. The number of allylic oxidation sites excluding steroid dienone is 6. The molecule has 118 valence electrons. The molecule has 0 heterocycles. The van der Waals surface area contributed by atoms with Gasteiger partial charge in [-0.25, -0.2) is 0 Å². The van der Waals surface area contributed by atoms with Crippen molar-refractivity contribution in [1.29, 1.82) is 0 Å². The fourth-order valence-corrected chi connectivity index (χ4v) is 5.92. The Bertz CT molecular complexity index is 715. The molecule has 0 unspecified atom stereocenters. The fraction of sp³-hybridized carbons (Fsp3) is 0.667. The van der Waals surface area contributed by atoms with Gasteiger partial charge in [0.1, 0.15) is 0 Å². The number of fused-ring (bicyclic) bond motifs is 5. The summed E-state index contributed by atoms with van der Waals surface area (Å²) in [5.74, 6) is 1.36. The van der Waals surface area contributed by atoms with Crippen molar-refractivity contribution in [2.75, 3.05) is 0 Å². The van der Waals surface area contributed by atoms with Crippen molar-refractivity contribution in [3.05, 3.63) is 36.0 Å². The molecule has 22 heavy (non-hydrogen) atoms. The average Bonchev–Trinajstić information content (AvgIpc) is 2.81. The van der Waals surface area contributed by atoms with Crippen LogP contribution in [-0.2, 0) is 4.79 Å². The van der Waals surface area contributed by atoms with Crippen LogP contribution in [0.3, 0.4) is 0 Å². The molecule has 0 spiro atoms.